The quantitative estimate of drug-likeness (QED) is 0.145. The van der Waals surface area contributed by atoms with Crippen LogP contribution in [-0.4, -0.2) is 21.5 Å². The first-order valence-corrected chi connectivity index (χ1v) is 13.0. The highest BCUT2D eigenvalue weighted by molar-refractivity contribution is 9.10. The van der Waals surface area contributed by atoms with E-state index in [1.54, 1.807) is 30.3 Å². The van der Waals surface area contributed by atoms with E-state index in [1.807, 2.05) is 61.6 Å². The zero-order chi connectivity index (χ0) is 26.4. The van der Waals surface area contributed by atoms with Crippen molar-refractivity contribution in [2.75, 3.05) is 4.90 Å². The number of anilines is 1. The maximum atomic E-state index is 13.5. The first-order chi connectivity index (χ1) is 18.4. The number of thiocarbonyl (C=S) groups is 1. The van der Waals surface area contributed by atoms with Crippen molar-refractivity contribution in [3.05, 3.63) is 107 Å². The van der Waals surface area contributed by atoms with Crippen LogP contribution in [0.3, 0.4) is 0 Å². The number of hydrogen-bond donors (Lipinski definition) is 1. The van der Waals surface area contributed by atoms with Gasteiger partial charge in [0.2, 0.25) is 0 Å². The van der Waals surface area contributed by atoms with Crippen LogP contribution < -0.4 is 15.0 Å². The Balaban J connectivity index is 1.33. The molecular formula is C30H20BrN3O3S. The van der Waals surface area contributed by atoms with Crippen LogP contribution in [0.4, 0.5) is 5.69 Å². The summed E-state index contributed by atoms with van der Waals surface area (Å²) in [5.74, 6) is 0.306. The van der Waals surface area contributed by atoms with Crippen molar-refractivity contribution in [2.24, 2.45) is 7.05 Å². The van der Waals surface area contributed by atoms with Gasteiger partial charge in [0.15, 0.2) is 5.11 Å². The largest absolute Gasteiger partial charge is 0.457 e. The average molecular weight is 582 g/mol. The van der Waals surface area contributed by atoms with Crippen molar-refractivity contribution >= 4 is 78.6 Å². The third-order valence-electron chi connectivity index (χ3n) is 6.48. The van der Waals surface area contributed by atoms with Crippen LogP contribution in [0.1, 0.15) is 5.56 Å². The lowest BCUT2D eigenvalue weighted by molar-refractivity contribution is -0.122. The normalized spacial score (nSPS) is 14.9. The van der Waals surface area contributed by atoms with Gasteiger partial charge in [-0.25, -0.2) is 0 Å². The van der Waals surface area contributed by atoms with Gasteiger partial charge >= 0.3 is 0 Å². The molecule has 2 amide bonds. The Morgan fingerprint density at radius 3 is 2.24 bits per heavy atom. The molecule has 0 aliphatic carbocycles. The molecule has 5 aromatic rings. The Morgan fingerprint density at radius 1 is 0.842 bits per heavy atom. The summed E-state index contributed by atoms with van der Waals surface area (Å²) in [7, 11) is 2.02. The molecule has 0 spiro atoms. The Bertz CT molecular complexity index is 1790. The zero-order valence-electron chi connectivity index (χ0n) is 20.1. The van der Waals surface area contributed by atoms with Crippen LogP contribution in [0.5, 0.6) is 11.5 Å². The van der Waals surface area contributed by atoms with E-state index >= 15 is 0 Å². The standard InChI is InChI=1S/C30H20BrN3O3S/c1-33-26-13-7-18(15-23(26)24-17-19(31)8-14-27(24)33)16-25-28(35)32-30(38)34(29(25)36)20-9-11-22(12-10-20)37-21-5-3-2-4-6-21/h2-17H,1H3,(H,32,35,38). The number of nitrogens with zero attached hydrogens (tertiary/aromatic N) is 2. The number of aryl methyl sites for hydroxylation is 1. The molecule has 0 radical (unpaired) electrons. The number of hydrogen-bond acceptors (Lipinski definition) is 4. The summed E-state index contributed by atoms with van der Waals surface area (Å²) in [5.41, 5.74) is 3.42. The highest BCUT2D eigenvalue weighted by Gasteiger charge is 2.34. The van der Waals surface area contributed by atoms with E-state index in [9.17, 15) is 9.59 Å². The molecule has 38 heavy (non-hydrogen) atoms. The second kappa shape index (κ2) is 9.55. The molecule has 1 aromatic heterocycles. The molecule has 0 unspecified atom stereocenters. The van der Waals surface area contributed by atoms with E-state index < -0.39 is 11.8 Å². The molecule has 1 aliphatic heterocycles. The summed E-state index contributed by atoms with van der Waals surface area (Å²) in [6.45, 7) is 0. The molecule has 0 atom stereocenters. The van der Waals surface area contributed by atoms with Gasteiger partial charge in [-0.15, -0.1) is 0 Å². The van der Waals surface area contributed by atoms with Gasteiger partial charge in [0, 0.05) is 33.3 Å². The average Bonchev–Trinajstić information content (AvgIpc) is 3.18. The number of ether oxygens (including phenoxy) is 1. The first kappa shape index (κ1) is 24.1. The molecule has 6 rings (SSSR count). The fourth-order valence-electron chi connectivity index (χ4n) is 4.64. The molecule has 0 saturated carbocycles. The lowest BCUT2D eigenvalue weighted by Gasteiger charge is -2.29. The Morgan fingerprint density at radius 2 is 1.50 bits per heavy atom. The van der Waals surface area contributed by atoms with E-state index in [-0.39, 0.29) is 10.7 Å². The maximum Gasteiger partial charge on any atom is 0.270 e. The Kier molecular flexibility index (Phi) is 6.06. The van der Waals surface area contributed by atoms with Gasteiger partial charge in [-0.3, -0.25) is 19.8 Å². The van der Waals surface area contributed by atoms with E-state index in [0.717, 1.165) is 31.8 Å². The third-order valence-corrected chi connectivity index (χ3v) is 7.26. The monoisotopic (exact) mass is 581 g/mol. The molecule has 6 nitrogen and oxygen atoms in total. The van der Waals surface area contributed by atoms with Gasteiger partial charge in [0.1, 0.15) is 17.1 Å². The van der Waals surface area contributed by atoms with Crippen LogP contribution in [0, 0.1) is 0 Å². The van der Waals surface area contributed by atoms with Gasteiger partial charge in [0.05, 0.1) is 5.69 Å². The maximum absolute atomic E-state index is 13.5. The van der Waals surface area contributed by atoms with Crippen molar-refractivity contribution in [1.82, 2.24) is 9.88 Å². The topological polar surface area (TPSA) is 63.6 Å². The van der Waals surface area contributed by atoms with Gasteiger partial charge in [0.25, 0.3) is 11.8 Å². The predicted octanol–water partition coefficient (Wildman–Crippen LogP) is 6.72. The smallest absolute Gasteiger partial charge is 0.270 e. The number of para-hydroxylation sites is 1. The van der Waals surface area contributed by atoms with E-state index in [1.165, 1.54) is 4.90 Å². The summed E-state index contributed by atoms with van der Waals surface area (Å²) >= 11 is 8.91. The molecule has 1 saturated heterocycles. The third kappa shape index (κ3) is 4.27. The van der Waals surface area contributed by atoms with Crippen LogP contribution in [0.2, 0.25) is 0 Å². The lowest BCUT2D eigenvalue weighted by atomic mass is 10.0. The second-order valence-corrected chi connectivity index (χ2v) is 10.2. The van der Waals surface area contributed by atoms with Gasteiger partial charge in [-0.05, 0) is 90.6 Å². The minimum absolute atomic E-state index is 0.00368. The minimum Gasteiger partial charge on any atom is -0.457 e. The van der Waals surface area contributed by atoms with E-state index in [2.05, 4.69) is 37.9 Å². The van der Waals surface area contributed by atoms with E-state index in [0.29, 0.717) is 17.2 Å². The molecule has 4 aromatic carbocycles. The fraction of sp³-hybridized carbons (Fsp3) is 0.0333. The minimum atomic E-state index is -0.527. The summed E-state index contributed by atoms with van der Waals surface area (Å²) in [5, 5.41) is 4.79. The highest BCUT2D eigenvalue weighted by atomic mass is 79.9. The Labute approximate surface area is 232 Å². The van der Waals surface area contributed by atoms with Crippen molar-refractivity contribution in [1.29, 1.82) is 0 Å². The number of carbonyl (C=O) groups is 2. The van der Waals surface area contributed by atoms with Gasteiger partial charge < -0.3 is 9.30 Å². The zero-order valence-corrected chi connectivity index (χ0v) is 22.5. The molecule has 186 valence electrons. The van der Waals surface area contributed by atoms with Crippen molar-refractivity contribution < 1.29 is 14.3 Å². The number of halogens is 1. The molecule has 1 N–H and O–H groups in total. The van der Waals surface area contributed by atoms with Crippen molar-refractivity contribution in [2.45, 2.75) is 0 Å². The van der Waals surface area contributed by atoms with Crippen LogP contribution in [0.15, 0.2) is 101 Å². The van der Waals surface area contributed by atoms with Crippen LogP contribution in [-0.2, 0) is 16.6 Å². The number of benzene rings is 4. The lowest BCUT2D eigenvalue weighted by Crippen LogP contribution is -2.54. The number of amides is 2. The summed E-state index contributed by atoms with van der Waals surface area (Å²) < 4.78 is 8.95. The summed E-state index contributed by atoms with van der Waals surface area (Å²) in [6.07, 6.45) is 1.61. The first-order valence-electron chi connectivity index (χ1n) is 11.8. The van der Waals surface area contributed by atoms with Gasteiger partial charge in [-0.2, -0.15) is 0 Å². The molecule has 2 heterocycles. The van der Waals surface area contributed by atoms with Crippen molar-refractivity contribution in [3.63, 3.8) is 0 Å². The van der Waals surface area contributed by atoms with Gasteiger partial charge in [-0.1, -0.05) is 40.2 Å². The second-order valence-electron chi connectivity index (χ2n) is 8.86. The predicted molar refractivity (Wildman–Crippen MR) is 157 cm³/mol. The SMILES string of the molecule is Cn1c2ccc(Br)cc2c2cc(C=C3C(=O)NC(=S)N(c4ccc(Oc5ccccc5)cc4)C3=O)ccc21. The number of rotatable bonds is 4. The van der Waals surface area contributed by atoms with Crippen LogP contribution >= 0.6 is 28.1 Å². The Hall–Kier alpha value is -4.27. The number of carbonyl (C=O) groups excluding carboxylic acids is 2. The number of aromatic nitrogens is 1. The van der Waals surface area contributed by atoms with Crippen LogP contribution in [0.25, 0.3) is 27.9 Å². The number of fused-ring (bicyclic) bond motifs is 3. The molecule has 0 bridgehead atoms. The highest BCUT2D eigenvalue weighted by Crippen LogP contribution is 2.32. The summed E-state index contributed by atoms with van der Waals surface area (Å²) in [4.78, 5) is 27.7. The number of nitrogens with one attached hydrogen (secondary N) is 1. The molecule has 1 aliphatic rings. The fourth-order valence-corrected chi connectivity index (χ4v) is 5.29. The molecular weight excluding hydrogens is 562 g/mol. The van der Waals surface area contributed by atoms with Crippen molar-refractivity contribution in [3.8, 4) is 11.5 Å². The summed E-state index contributed by atoms with van der Waals surface area (Å²) in [6, 6.07) is 28.4. The van der Waals surface area contributed by atoms with E-state index in [4.69, 9.17) is 17.0 Å². The molecule has 8 heteroatoms. The molecule has 1 fully saturated rings.